The number of nitrogens with zero attached hydrogens (tertiary/aromatic N) is 2. The molecule has 252 valence electrons. The molecular formula is C37H36N4O6S2. The molecule has 3 amide bonds. The number of thioether (sulfide) groups is 1. The van der Waals surface area contributed by atoms with Crippen molar-refractivity contribution in [3.8, 4) is 0 Å². The number of carbonyl (C=O) groups excluding carboxylic acids is 3. The molecule has 10 nitrogen and oxygen atoms in total. The van der Waals surface area contributed by atoms with Crippen molar-refractivity contribution in [1.82, 2.24) is 10.2 Å². The van der Waals surface area contributed by atoms with E-state index in [1.54, 1.807) is 11.8 Å². The van der Waals surface area contributed by atoms with Crippen molar-refractivity contribution < 1.29 is 29.0 Å². The third-order valence-corrected chi connectivity index (χ3v) is 10.8. The number of carboxylic acid groups (broad SMARTS) is 1. The first-order valence-corrected chi connectivity index (χ1v) is 17.9. The number of anilines is 1. The van der Waals surface area contributed by atoms with E-state index in [-0.39, 0.29) is 30.4 Å². The number of hydrogen-bond acceptors (Lipinski definition) is 8. The lowest BCUT2D eigenvalue weighted by Gasteiger charge is -2.49. The molecule has 0 aromatic heterocycles. The van der Waals surface area contributed by atoms with Gasteiger partial charge < -0.3 is 15.2 Å². The molecule has 0 saturated carbocycles. The Morgan fingerprint density at radius 2 is 1.90 bits per heavy atom. The summed E-state index contributed by atoms with van der Waals surface area (Å²) in [5.41, 5.74) is 7.72. The maximum absolute atomic E-state index is 13.0. The van der Waals surface area contributed by atoms with Crippen LogP contribution in [0.1, 0.15) is 44.2 Å². The number of aliphatic carboxylic acids is 1. The smallest absolute Gasteiger partial charge is 0.411 e. The van der Waals surface area contributed by atoms with E-state index in [4.69, 9.17) is 9.73 Å². The fraction of sp³-hybridized carbons (Fsp3) is 0.297. The molecule has 2 unspecified atom stereocenters. The van der Waals surface area contributed by atoms with Crippen molar-refractivity contribution in [2.24, 2.45) is 4.99 Å². The van der Waals surface area contributed by atoms with Crippen LogP contribution in [0.4, 0.5) is 16.2 Å². The summed E-state index contributed by atoms with van der Waals surface area (Å²) in [4.78, 5) is 58.7. The highest BCUT2D eigenvalue weighted by atomic mass is 32.2. The molecule has 49 heavy (non-hydrogen) atoms. The second-order valence-corrected chi connectivity index (χ2v) is 14.3. The first kappa shape index (κ1) is 34.1. The standard InChI is InChI=1S/C37H36N4O6S2/c1-4-5-9-21(2)14-24-12-13-26-29(16-24)49-30-18-27(22(3)15-28(30)38-26)39-37(46)47-19-25-20-48-35-32(34(43)41(35)33(25)36(44)45)40-31(42)17-23-10-7-6-8-11-23/h6-8,10-13,15-16,18,32,35H,4-5,9,17,19-20H2,1-3H3,(H,39,46)(H,40,42)(H,44,45). The van der Waals surface area contributed by atoms with Gasteiger partial charge in [-0.25, -0.2) is 14.6 Å². The van der Waals surface area contributed by atoms with Crippen molar-refractivity contribution in [1.29, 1.82) is 0 Å². The highest BCUT2D eigenvalue weighted by Crippen LogP contribution is 2.41. The number of rotatable bonds is 10. The molecule has 12 heteroatoms. The van der Waals surface area contributed by atoms with Gasteiger partial charge in [0.05, 0.1) is 17.5 Å². The summed E-state index contributed by atoms with van der Waals surface area (Å²) >= 11 is 2.88. The zero-order chi connectivity index (χ0) is 34.7. The summed E-state index contributed by atoms with van der Waals surface area (Å²) < 4.78 is 5.47. The van der Waals surface area contributed by atoms with Crippen molar-refractivity contribution in [2.75, 3.05) is 17.7 Å². The lowest BCUT2D eigenvalue weighted by Crippen LogP contribution is -2.70. The van der Waals surface area contributed by atoms with Gasteiger partial charge in [-0.15, -0.1) is 17.5 Å². The number of nitrogens with one attached hydrogen (secondary N) is 2. The summed E-state index contributed by atoms with van der Waals surface area (Å²) in [7, 11) is 0. The van der Waals surface area contributed by atoms with Gasteiger partial charge >= 0.3 is 12.1 Å². The summed E-state index contributed by atoms with van der Waals surface area (Å²) in [6.07, 6.45) is 2.64. The molecule has 2 atom stereocenters. The van der Waals surface area contributed by atoms with Crippen LogP contribution in [0.3, 0.4) is 0 Å². The second-order valence-electron chi connectivity index (χ2n) is 12.1. The van der Waals surface area contributed by atoms with Crippen LogP contribution in [0.5, 0.6) is 0 Å². The summed E-state index contributed by atoms with van der Waals surface area (Å²) in [6.45, 7) is 5.82. The second kappa shape index (κ2) is 14.8. The number of carboxylic acids is 1. The molecule has 3 aliphatic heterocycles. The largest absolute Gasteiger partial charge is 0.477 e. The number of ether oxygens (including phenoxy) is 1. The van der Waals surface area contributed by atoms with Crippen molar-refractivity contribution in [2.45, 2.75) is 67.7 Å². The normalized spacial score (nSPS) is 17.4. The minimum absolute atomic E-state index is 0.110. The maximum atomic E-state index is 13.0. The highest BCUT2D eigenvalue weighted by molar-refractivity contribution is 8.00. The molecule has 3 aromatic carbocycles. The van der Waals surface area contributed by atoms with E-state index in [2.05, 4.69) is 36.3 Å². The summed E-state index contributed by atoms with van der Waals surface area (Å²) in [5.74, 6) is -1.92. The van der Waals surface area contributed by atoms with Crippen LogP contribution in [0.2, 0.25) is 0 Å². The highest BCUT2D eigenvalue weighted by Gasteiger charge is 2.54. The molecule has 1 fully saturated rings. The third kappa shape index (κ3) is 7.62. The van der Waals surface area contributed by atoms with Crippen LogP contribution in [0.25, 0.3) is 5.73 Å². The number of hydrogen-bond donors (Lipinski definition) is 3. The van der Waals surface area contributed by atoms with Crippen LogP contribution in [0.15, 0.2) is 92.3 Å². The monoisotopic (exact) mass is 696 g/mol. The van der Waals surface area contributed by atoms with Gasteiger partial charge in [0.2, 0.25) is 5.91 Å². The van der Waals surface area contributed by atoms with Gasteiger partial charge in [-0.2, -0.15) is 0 Å². The number of unbranched alkanes of at least 4 members (excludes halogenated alkanes) is 1. The quantitative estimate of drug-likeness (QED) is 0.186. The van der Waals surface area contributed by atoms with Gasteiger partial charge in [0.15, 0.2) is 0 Å². The molecule has 0 radical (unpaired) electrons. The molecule has 0 spiro atoms. The molecule has 0 bridgehead atoms. The van der Waals surface area contributed by atoms with Crippen LogP contribution >= 0.6 is 23.5 Å². The Labute approximate surface area is 292 Å². The van der Waals surface area contributed by atoms with Crippen LogP contribution < -0.4 is 21.2 Å². The number of benzene rings is 3. The molecule has 3 N–H and O–H groups in total. The van der Waals surface area contributed by atoms with Gasteiger partial charge in [0.25, 0.3) is 5.91 Å². The Morgan fingerprint density at radius 3 is 2.65 bits per heavy atom. The Balaban J connectivity index is 1.10. The fourth-order valence-corrected chi connectivity index (χ4v) is 8.19. The lowest BCUT2D eigenvalue weighted by atomic mass is 10.0. The molecule has 3 heterocycles. The van der Waals surface area contributed by atoms with Gasteiger partial charge in [-0.05, 0) is 73.7 Å². The molecular weight excluding hydrogens is 661 g/mol. The number of amides is 3. The fourth-order valence-electron chi connectivity index (χ4n) is 5.84. The molecule has 3 aliphatic rings. The van der Waals surface area contributed by atoms with Gasteiger partial charge in [0, 0.05) is 32.0 Å². The van der Waals surface area contributed by atoms with Crippen molar-refractivity contribution in [3.63, 3.8) is 0 Å². The Kier molecular flexibility index (Phi) is 10.3. The lowest BCUT2D eigenvalue weighted by molar-refractivity contribution is -0.150. The van der Waals surface area contributed by atoms with E-state index >= 15 is 0 Å². The van der Waals surface area contributed by atoms with E-state index in [1.807, 2.05) is 61.5 Å². The molecule has 3 aromatic rings. The summed E-state index contributed by atoms with van der Waals surface area (Å²) in [5, 5.41) is 16.8. The number of aryl methyl sites for hydroxylation is 1. The number of fused-ring (bicyclic) bond motifs is 3. The number of β-lactam (4-membered cyclic amide) rings is 1. The predicted octanol–water partition coefficient (Wildman–Crippen LogP) is 5.46. The molecule has 1 saturated heterocycles. The van der Waals surface area contributed by atoms with Crippen LogP contribution in [-0.4, -0.2) is 57.7 Å². The van der Waals surface area contributed by atoms with E-state index < -0.39 is 29.4 Å². The zero-order valence-electron chi connectivity index (χ0n) is 27.4. The number of allylic oxidation sites excluding steroid dienone is 1. The van der Waals surface area contributed by atoms with E-state index in [0.717, 1.165) is 61.3 Å². The first-order chi connectivity index (χ1) is 23.6. The maximum Gasteiger partial charge on any atom is 0.411 e. The Bertz CT molecular complexity index is 2040. The minimum atomic E-state index is -1.30. The molecule has 0 aliphatic carbocycles. The number of carbonyl (C=O) groups is 4. The van der Waals surface area contributed by atoms with Gasteiger partial charge in [-0.1, -0.05) is 55.4 Å². The average Bonchev–Trinajstić information content (AvgIpc) is 3.08. The van der Waals surface area contributed by atoms with Crippen molar-refractivity contribution >= 4 is 64.5 Å². The van der Waals surface area contributed by atoms with E-state index in [1.165, 1.54) is 17.3 Å². The van der Waals surface area contributed by atoms with Gasteiger partial charge in [0.1, 0.15) is 23.7 Å². The zero-order valence-corrected chi connectivity index (χ0v) is 29.0. The first-order valence-electron chi connectivity index (χ1n) is 16.1. The van der Waals surface area contributed by atoms with Crippen LogP contribution in [-0.2, 0) is 25.5 Å². The SMILES string of the molecule is CCCCC(C)=C=c1ccc2c(c1)Sc1cc(NC(=O)OCC3=C(C(=O)O)N4C(=O)C(NC(=O)Cc5ccccc5)C4SC3)c(C)cc1N=2. The van der Waals surface area contributed by atoms with E-state index in [0.29, 0.717) is 11.3 Å². The predicted molar refractivity (Wildman–Crippen MR) is 189 cm³/mol. The Hall–Kier alpha value is -4.77. The van der Waals surface area contributed by atoms with Crippen LogP contribution in [0, 0.1) is 6.92 Å². The third-order valence-electron chi connectivity index (χ3n) is 8.38. The summed E-state index contributed by atoms with van der Waals surface area (Å²) in [6, 6.07) is 18.2. The van der Waals surface area contributed by atoms with Gasteiger partial charge in [-0.3, -0.25) is 19.8 Å². The molecule has 6 rings (SSSR count). The topological polar surface area (TPSA) is 137 Å². The van der Waals surface area contributed by atoms with Crippen molar-refractivity contribution in [3.05, 3.63) is 99.2 Å². The van der Waals surface area contributed by atoms with E-state index in [9.17, 15) is 24.3 Å². The Morgan fingerprint density at radius 1 is 1.10 bits per heavy atom. The average molecular weight is 697 g/mol. The minimum Gasteiger partial charge on any atom is -0.477 e.